The maximum Gasteiger partial charge on any atom is 0.410 e. The van der Waals surface area contributed by atoms with Crippen molar-refractivity contribution in [1.82, 2.24) is 4.90 Å². The van der Waals surface area contributed by atoms with Crippen LogP contribution in [0, 0.1) is 0 Å². The molecule has 52 valence electrons. The average molecular weight is 147 g/mol. The minimum atomic E-state index is -0.252. The summed E-state index contributed by atoms with van der Waals surface area (Å²) in [5.74, 6) is 0. The van der Waals surface area contributed by atoms with Crippen LogP contribution in [0.1, 0.15) is 6.92 Å². The van der Waals surface area contributed by atoms with Gasteiger partial charge in [0.15, 0.2) is 0 Å². The van der Waals surface area contributed by atoms with E-state index in [9.17, 15) is 4.79 Å². The number of ether oxygens (including phenoxy) is 1. The van der Waals surface area contributed by atoms with E-state index in [-0.39, 0.29) is 11.5 Å². The molecule has 0 bridgehead atoms. The zero-order valence-electron chi connectivity index (χ0n) is 5.20. The predicted octanol–water partition coefficient (Wildman–Crippen LogP) is 0.714. The summed E-state index contributed by atoms with van der Waals surface area (Å²) >= 11 is 4.08. The molecule has 1 heterocycles. The summed E-state index contributed by atoms with van der Waals surface area (Å²) < 4.78 is 4.66. The summed E-state index contributed by atoms with van der Waals surface area (Å²) in [5.41, 5.74) is 0. The Morgan fingerprint density at radius 1 is 1.89 bits per heavy atom. The molecule has 0 N–H and O–H groups in total. The molecule has 4 heteroatoms. The highest BCUT2D eigenvalue weighted by Crippen LogP contribution is 2.09. The molecule has 1 atom stereocenters. The van der Waals surface area contributed by atoms with E-state index in [2.05, 4.69) is 17.4 Å². The van der Waals surface area contributed by atoms with Crippen molar-refractivity contribution < 1.29 is 9.53 Å². The molecule has 0 radical (unpaired) electrons. The Bertz CT molecular complexity index is 126. The number of amides is 1. The molecule has 0 aromatic rings. The smallest absolute Gasteiger partial charge is 0.410 e. The first kappa shape index (κ1) is 6.74. The number of rotatable bonds is 1. The largest absolute Gasteiger partial charge is 0.447 e. The first-order valence-corrected chi connectivity index (χ1v) is 3.35. The maximum absolute atomic E-state index is 10.7. The van der Waals surface area contributed by atoms with Crippen molar-refractivity contribution in [2.24, 2.45) is 0 Å². The third-order valence-electron chi connectivity index (χ3n) is 1.24. The van der Waals surface area contributed by atoms with Gasteiger partial charge in [-0.05, 0) is 6.92 Å². The zero-order valence-corrected chi connectivity index (χ0v) is 6.10. The quantitative estimate of drug-likeness (QED) is 0.554. The monoisotopic (exact) mass is 147 g/mol. The van der Waals surface area contributed by atoms with Gasteiger partial charge in [-0.15, -0.1) is 0 Å². The van der Waals surface area contributed by atoms with Gasteiger partial charge in [-0.25, -0.2) is 4.79 Å². The summed E-state index contributed by atoms with van der Waals surface area (Å²) in [4.78, 5) is 12.2. The second kappa shape index (κ2) is 2.47. The highest BCUT2D eigenvalue weighted by molar-refractivity contribution is 7.80. The number of cyclic esters (lactones) is 1. The van der Waals surface area contributed by atoms with E-state index in [1.807, 2.05) is 6.92 Å². The topological polar surface area (TPSA) is 29.5 Å². The number of hydrogen-bond acceptors (Lipinski definition) is 3. The van der Waals surface area contributed by atoms with Gasteiger partial charge in [-0.2, -0.15) is 12.6 Å². The zero-order chi connectivity index (χ0) is 6.85. The van der Waals surface area contributed by atoms with Crippen LogP contribution < -0.4 is 0 Å². The van der Waals surface area contributed by atoms with Gasteiger partial charge in [0.2, 0.25) is 0 Å². The molecule has 1 aliphatic heterocycles. The van der Waals surface area contributed by atoms with Gasteiger partial charge in [-0.1, -0.05) is 0 Å². The van der Waals surface area contributed by atoms with Crippen molar-refractivity contribution in [3.8, 4) is 0 Å². The Labute approximate surface area is 59.4 Å². The summed E-state index contributed by atoms with van der Waals surface area (Å²) in [6.07, 6.45) is -0.252. The molecule has 1 saturated heterocycles. The number of carbonyl (C=O) groups is 1. The minimum absolute atomic E-state index is 0.0278. The third kappa shape index (κ3) is 1.30. The van der Waals surface area contributed by atoms with Crippen LogP contribution in [0.4, 0.5) is 4.79 Å². The van der Waals surface area contributed by atoms with Crippen molar-refractivity contribution in [3.63, 3.8) is 0 Å². The Kier molecular flexibility index (Phi) is 1.85. The fourth-order valence-electron chi connectivity index (χ4n) is 0.745. The van der Waals surface area contributed by atoms with Crippen LogP contribution in [-0.4, -0.2) is 29.5 Å². The van der Waals surface area contributed by atoms with Crippen molar-refractivity contribution in [3.05, 3.63) is 0 Å². The van der Waals surface area contributed by atoms with Crippen LogP contribution in [0.2, 0.25) is 0 Å². The molecule has 1 rings (SSSR count). The van der Waals surface area contributed by atoms with Gasteiger partial charge in [0.1, 0.15) is 6.61 Å². The Morgan fingerprint density at radius 2 is 2.56 bits per heavy atom. The highest BCUT2D eigenvalue weighted by atomic mass is 32.1. The Morgan fingerprint density at radius 3 is 2.78 bits per heavy atom. The lowest BCUT2D eigenvalue weighted by Crippen LogP contribution is -2.29. The fourth-order valence-corrected chi connectivity index (χ4v) is 0.955. The normalized spacial score (nSPS) is 22.0. The minimum Gasteiger partial charge on any atom is -0.447 e. The lowest BCUT2D eigenvalue weighted by molar-refractivity contribution is 0.157. The summed E-state index contributed by atoms with van der Waals surface area (Å²) in [6, 6.07) is 0. The molecule has 0 aromatic carbocycles. The summed E-state index contributed by atoms with van der Waals surface area (Å²) in [6.45, 7) is 3.02. The molecule has 0 spiro atoms. The van der Waals surface area contributed by atoms with Crippen LogP contribution in [0.5, 0.6) is 0 Å². The number of nitrogens with zero attached hydrogens (tertiary/aromatic N) is 1. The van der Waals surface area contributed by atoms with Gasteiger partial charge in [0.05, 0.1) is 11.9 Å². The highest BCUT2D eigenvalue weighted by Gasteiger charge is 2.24. The van der Waals surface area contributed by atoms with Gasteiger partial charge in [0.25, 0.3) is 0 Å². The predicted molar refractivity (Wildman–Crippen MR) is 36.5 cm³/mol. The van der Waals surface area contributed by atoms with Crippen molar-refractivity contribution in [2.75, 3.05) is 13.2 Å². The van der Waals surface area contributed by atoms with Gasteiger partial charge < -0.3 is 4.74 Å². The Hall–Kier alpha value is -0.380. The molecule has 9 heavy (non-hydrogen) atoms. The van der Waals surface area contributed by atoms with Crippen LogP contribution in [0.15, 0.2) is 0 Å². The number of carbonyl (C=O) groups excluding carboxylic acids is 1. The van der Waals surface area contributed by atoms with Crippen molar-refractivity contribution in [2.45, 2.75) is 12.3 Å². The number of hydrogen-bond donors (Lipinski definition) is 1. The second-order valence-corrected chi connectivity index (χ2v) is 2.69. The third-order valence-corrected chi connectivity index (χ3v) is 1.52. The molecule has 1 aliphatic rings. The first-order valence-electron chi connectivity index (χ1n) is 2.83. The SMILES string of the molecule is C[C@H](S)N1CCOC1=O. The van der Waals surface area contributed by atoms with E-state index in [1.165, 1.54) is 0 Å². The van der Waals surface area contributed by atoms with Crippen molar-refractivity contribution in [1.29, 1.82) is 0 Å². The van der Waals surface area contributed by atoms with E-state index in [0.717, 1.165) is 0 Å². The standard InChI is InChI=1S/C5H9NO2S/c1-4(9)6-2-3-8-5(6)7/h4,9H,2-3H2,1H3/t4-/m0/s1. The average Bonchev–Trinajstić information content (AvgIpc) is 2.13. The van der Waals surface area contributed by atoms with Crippen LogP contribution in [0.3, 0.4) is 0 Å². The lowest BCUT2D eigenvalue weighted by Gasteiger charge is -2.15. The fraction of sp³-hybridized carbons (Fsp3) is 0.800. The molecule has 3 nitrogen and oxygen atoms in total. The van der Waals surface area contributed by atoms with E-state index in [0.29, 0.717) is 13.2 Å². The van der Waals surface area contributed by atoms with Crippen LogP contribution >= 0.6 is 12.6 Å². The molecule has 1 fully saturated rings. The summed E-state index contributed by atoms with van der Waals surface area (Å²) in [7, 11) is 0. The molecular weight excluding hydrogens is 138 g/mol. The van der Waals surface area contributed by atoms with Gasteiger partial charge in [-0.3, -0.25) is 4.90 Å². The number of thiol groups is 1. The molecular formula is C5H9NO2S. The molecule has 0 unspecified atom stereocenters. The van der Waals surface area contributed by atoms with Gasteiger partial charge >= 0.3 is 6.09 Å². The van der Waals surface area contributed by atoms with E-state index in [4.69, 9.17) is 0 Å². The molecule has 0 saturated carbocycles. The molecule has 0 aliphatic carbocycles. The van der Waals surface area contributed by atoms with Crippen molar-refractivity contribution >= 4 is 18.7 Å². The van der Waals surface area contributed by atoms with E-state index >= 15 is 0 Å². The van der Waals surface area contributed by atoms with Crippen LogP contribution in [-0.2, 0) is 4.74 Å². The molecule has 1 amide bonds. The maximum atomic E-state index is 10.7. The van der Waals surface area contributed by atoms with E-state index < -0.39 is 0 Å². The van der Waals surface area contributed by atoms with Gasteiger partial charge in [0, 0.05) is 0 Å². The lowest BCUT2D eigenvalue weighted by atomic mass is 10.6. The second-order valence-electron chi connectivity index (χ2n) is 1.94. The molecule has 0 aromatic heterocycles. The van der Waals surface area contributed by atoms with E-state index in [1.54, 1.807) is 4.90 Å². The summed E-state index contributed by atoms with van der Waals surface area (Å²) in [5, 5.41) is -0.0278. The Balaban J connectivity index is 2.49. The van der Waals surface area contributed by atoms with Crippen LogP contribution in [0.25, 0.3) is 0 Å². The first-order chi connectivity index (χ1) is 4.22.